The number of benzene rings is 2. The normalized spacial score (nSPS) is 17.3. The minimum atomic E-state index is -0.523. The van der Waals surface area contributed by atoms with Crippen LogP contribution in [0.1, 0.15) is 11.1 Å². The molecule has 1 atom stereocenters. The van der Waals surface area contributed by atoms with Crippen molar-refractivity contribution >= 4 is 56.0 Å². The molecule has 2 nitrogen and oxygen atoms in total. The van der Waals surface area contributed by atoms with Crippen molar-refractivity contribution < 1.29 is 0 Å². The van der Waals surface area contributed by atoms with Gasteiger partial charge in [-0.1, -0.05) is 64.0 Å². The van der Waals surface area contributed by atoms with Crippen LogP contribution in [-0.4, -0.2) is 10.7 Å². The molecule has 0 amide bonds. The predicted octanol–water partition coefficient (Wildman–Crippen LogP) is 5.46. The first kappa shape index (κ1) is 16.1. The molecule has 3 rings (SSSR count). The average Bonchev–Trinajstić information content (AvgIpc) is 2.55. The van der Waals surface area contributed by atoms with Crippen LogP contribution in [0.15, 0.2) is 64.1 Å². The summed E-state index contributed by atoms with van der Waals surface area (Å²) in [4.78, 5) is 4.82. The van der Waals surface area contributed by atoms with Crippen LogP contribution in [0, 0.1) is 17.2 Å². The molecule has 1 heterocycles. The van der Waals surface area contributed by atoms with E-state index in [0.29, 0.717) is 10.0 Å². The minimum Gasteiger partial charge on any atom is -0.239 e. The van der Waals surface area contributed by atoms with Gasteiger partial charge in [0, 0.05) is 15.1 Å². The molecule has 0 saturated carbocycles. The van der Waals surface area contributed by atoms with Crippen LogP contribution in [-0.2, 0) is 0 Å². The van der Waals surface area contributed by atoms with E-state index >= 15 is 0 Å². The molecule has 0 aliphatic carbocycles. The molecule has 0 bridgehead atoms. The first-order valence-corrected chi connectivity index (χ1v) is 8.42. The molecular weight excluding hydrogens is 392 g/mol. The van der Waals surface area contributed by atoms with Gasteiger partial charge in [0.25, 0.3) is 0 Å². The lowest BCUT2D eigenvalue weighted by molar-refractivity contribution is 1.16. The number of nitrogens with zero attached hydrogens (tertiary/aromatic N) is 2. The zero-order valence-corrected chi connectivity index (χ0v) is 15.0. The fourth-order valence-electron chi connectivity index (χ4n) is 2.36. The van der Waals surface area contributed by atoms with E-state index in [2.05, 4.69) is 27.0 Å². The van der Waals surface area contributed by atoms with E-state index in [1.807, 2.05) is 42.5 Å². The molecule has 1 aliphatic heterocycles. The monoisotopic (exact) mass is 400 g/mol. The van der Waals surface area contributed by atoms with Crippen molar-refractivity contribution in [2.75, 3.05) is 0 Å². The van der Waals surface area contributed by atoms with Gasteiger partial charge in [0.05, 0.1) is 11.8 Å². The first-order chi connectivity index (χ1) is 11.1. The second-order valence-corrected chi connectivity index (χ2v) is 6.78. The second kappa shape index (κ2) is 6.76. The quantitative estimate of drug-likeness (QED) is 0.627. The number of dihydropyridines is 1. The fourth-order valence-corrected chi connectivity index (χ4v) is 3.03. The maximum Gasteiger partial charge on any atom is 0.125 e. The highest BCUT2D eigenvalue weighted by molar-refractivity contribution is 9.10. The average molecular weight is 402 g/mol. The fraction of sp³-hybridized carbons (Fsp3) is 0.0556. The number of hydrogen-bond acceptors (Lipinski definition) is 2. The van der Waals surface area contributed by atoms with E-state index in [0.717, 1.165) is 26.9 Å². The number of thiocarbonyl (C=S) groups is 1. The highest BCUT2D eigenvalue weighted by atomic mass is 79.9. The van der Waals surface area contributed by atoms with Crippen molar-refractivity contribution in [1.29, 1.82) is 5.26 Å². The molecule has 23 heavy (non-hydrogen) atoms. The van der Waals surface area contributed by atoms with E-state index in [1.165, 1.54) is 0 Å². The molecule has 0 N–H and O–H groups in total. The molecule has 1 aliphatic rings. The van der Waals surface area contributed by atoms with Gasteiger partial charge in [0.2, 0.25) is 0 Å². The predicted molar refractivity (Wildman–Crippen MR) is 102 cm³/mol. The van der Waals surface area contributed by atoms with E-state index in [-0.39, 0.29) is 0 Å². The number of allylic oxidation sites excluding steroid dienone is 1. The summed E-state index contributed by atoms with van der Waals surface area (Å²) in [6, 6.07) is 17.5. The molecule has 1 unspecified atom stereocenters. The Labute approximate surface area is 153 Å². The summed E-state index contributed by atoms with van der Waals surface area (Å²) in [6.45, 7) is 0. The first-order valence-electron chi connectivity index (χ1n) is 6.84. The molecule has 112 valence electrons. The number of rotatable bonds is 2. The Morgan fingerprint density at radius 2 is 1.65 bits per heavy atom. The van der Waals surface area contributed by atoms with E-state index < -0.39 is 5.92 Å². The Morgan fingerprint density at radius 3 is 2.26 bits per heavy atom. The minimum absolute atomic E-state index is 0.387. The summed E-state index contributed by atoms with van der Waals surface area (Å²) >= 11 is 14.7. The SMILES string of the molecule is N#CC1C(=S)N=C(c2ccc(Br)cc2)C=C1c1ccc(Cl)cc1. The van der Waals surface area contributed by atoms with Crippen LogP contribution in [0.2, 0.25) is 5.02 Å². The van der Waals surface area contributed by atoms with Crippen molar-refractivity contribution in [1.82, 2.24) is 0 Å². The molecule has 0 radical (unpaired) electrons. The van der Waals surface area contributed by atoms with Crippen molar-refractivity contribution in [3.63, 3.8) is 0 Å². The lowest BCUT2D eigenvalue weighted by Gasteiger charge is -2.19. The lowest BCUT2D eigenvalue weighted by atomic mass is 9.89. The van der Waals surface area contributed by atoms with Crippen molar-refractivity contribution in [3.8, 4) is 6.07 Å². The zero-order chi connectivity index (χ0) is 16.4. The number of halogens is 2. The zero-order valence-electron chi connectivity index (χ0n) is 11.8. The summed E-state index contributed by atoms with van der Waals surface area (Å²) in [7, 11) is 0. The van der Waals surface area contributed by atoms with Gasteiger partial charge in [-0.2, -0.15) is 5.26 Å². The van der Waals surface area contributed by atoms with Gasteiger partial charge < -0.3 is 0 Å². The van der Waals surface area contributed by atoms with Crippen LogP contribution >= 0.6 is 39.7 Å². The van der Waals surface area contributed by atoms with Gasteiger partial charge in [0.1, 0.15) is 10.9 Å². The van der Waals surface area contributed by atoms with Gasteiger partial charge in [-0.15, -0.1) is 0 Å². The third-order valence-corrected chi connectivity index (χ3v) is 4.64. The van der Waals surface area contributed by atoms with Gasteiger partial charge in [-0.05, 0) is 41.5 Å². The standard InChI is InChI=1S/C18H10BrClN2S/c19-13-5-1-12(2-6-13)17-9-15(16(10-21)18(23)22-17)11-3-7-14(20)8-4-11/h1-9,16H. The van der Waals surface area contributed by atoms with Crippen molar-refractivity contribution in [3.05, 3.63) is 75.2 Å². The Hall–Kier alpha value is -1.80. The number of aliphatic imine (C=N–C) groups is 1. The summed E-state index contributed by atoms with van der Waals surface area (Å²) in [6.07, 6.45) is 1.93. The van der Waals surface area contributed by atoms with E-state index in [4.69, 9.17) is 23.8 Å². The Morgan fingerprint density at radius 1 is 1.04 bits per heavy atom. The largest absolute Gasteiger partial charge is 0.239 e. The lowest BCUT2D eigenvalue weighted by Crippen LogP contribution is -2.19. The van der Waals surface area contributed by atoms with Crippen molar-refractivity contribution in [2.24, 2.45) is 10.9 Å². The van der Waals surface area contributed by atoms with Crippen LogP contribution < -0.4 is 0 Å². The maximum absolute atomic E-state index is 9.46. The van der Waals surface area contributed by atoms with Crippen molar-refractivity contribution in [2.45, 2.75) is 0 Å². The molecule has 0 saturated heterocycles. The molecule has 0 aromatic heterocycles. The summed E-state index contributed by atoms with van der Waals surface area (Å²) < 4.78 is 0.997. The van der Waals surface area contributed by atoms with E-state index in [1.54, 1.807) is 12.1 Å². The van der Waals surface area contributed by atoms with Gasteiger partial charge in [0.15, 0.2) is 0 Å². The Bertz CT molecular complexity index is 861. The number of nitriles is 1. The Kier molecular flexibility index (Phi) is 4.72. The molecule has 2 aromatic carbocycles. The van der Waals surface area contributed by atoms with Crippen LogP contribution in [0.5, 0.6) is 0 Å². The van der Waals surface area contributed by atoms with Crippen LogP contribution in [0.25, 0.3) is 5.57 Å². The maximum atomic E-state index is 9.46. The van der Waals surface area contributed by atoms with Gasteiger partial charge >= 0.3 is 0 Å². The van der Waals surface area contributed by atoms with Gasteiger partial charge in [-0.3, -0.25) is 0 Å². The van der Waals surface area contributed by atoms with Gasteiger partial charge in [-0.25, -0.2) is 4.99 Å². The van der Waals surface area contributed by atoms with Crippen LogP contribution in [0.3, 0.4) is 0 Å². The molecule has 0 spiro atoms. The van der Waals surface area contributed by atoms with E-state index in [9.17, 15) is 5.26 Å². The Balaban J connectivity index is 2.09. The highest BCUT2D eigenvalue weighted by Crippen LogP contribution is 2.30. The molecule has 0 fully saturated rings. The summed E-state index contributed by atoms with van der Waals surface area (Å²) in [5.74, 6) is -0.523. The number of hydrogen-bond donors (Lipinski definition) is 0. The third kappa shape index (κ3) is 3.42. The third-order valence-electron chi connectivity index (χ3n) is 3.53. The smallest absolute Gasteiger partial charge is 0.125 e. The highest BCUT2D eigenvalue weighted by Gasteiger charge is 2.25. The molecule has 5 heteroatoms. The summed E-state index contributed by atoms with van der Waals surface area (Å²) in [5, 5.41) is 10.1. The summed E-state index contributed by atoms with van der Waals surface area (Å²) in [5.41, 5.74) is 3.49. The molecular formula is C18H10BrClN2S. The topological polar surface area (TPSA) is 36.1 Å². The second-order valence-electron chi connectivity index (χ2n) is 5.01. The van der Waals surface area contributed by atoms with Crippen LogP contribution in [0.4, 0.5) is 0 Å². The molecule has 2 aromatic rings.